The Labute approximate surface area is 188 Å². The number of carboxylic acids is 1. The van der Waals surface area contributed by atoms with Crippen LogP contribution in [0.5, 0.6) is 5.75 Å². The standard InChI is InChI=1S/C21H23N5O7/c1-22-18-11-7-8-26(19(11)24-10-23-18)21(31)25(2)12-5-3-4-6-14(12)32-15-9-13(27)16(28)17(33-15)20(29)30/h3-8,10,13,15-17,27-28H,9H2,1-2H3,(H,29,30)(H,22,23,24)/t13-,15-,16+,17+/m1/s1. The van der Waals surface area contributed by atoms with E-state index < -0.39 is 36.6 Å². The SMILES string of the molecule is CNc1ncnc2c1ccn2C(=O)N(C)c1ccccc1O[C@H]1C[C@@H](O)[C@H](O)[C@@H](C(=O)O)O1. The highest BCUT2D eigenvalue weighted by molar-refractivity contribution is 6.01. The Hall–Kier alpha value is -3.74. The highest BCUT2D eigenvalue weighted by atomic mass is 16.7. The number of carboxylic acid groups (broad SMARTS) is 1. The van der Waals surface area contributed by atoms with Crippen molar-refractivity contribution in [2.75, 3.05) is 24.3 Å². The number of fused-ring (bicyclic) bond motifs is 1. The highest BCUT2D eigenvalue weighted by Gasteiger charge is 2.42. The smallest absolute Gasteiger partial charge is 0.335 e. The van der Waals surface area contributed by atoms with Gasteiger partial charge in [-0.1, -0.05) is 12.1 Å². The molecule has 1 aliphatic heterocycles. The van der Waals surface area contributed by atoms with Crippen molar-refractivity contribution in [1.29, 1.82) is 0 Å². The number of hydrogen-bond donors (Lipinski definition) is 4. The average Bonchev–Trinajstić information content (AvgIpc) is 3.25. The first kappa shape index (κ1) is 22.5. The number of aromatic nitrogens is 3. The van der Waals surface area contributed by atoms with Crippen LogP contribution < -0.4 is 15.0 Å². The number of amides is 1. The van der Waals surface area contributed by atoms with Crippen LogP contribution in [0.4, 0.5) is 16.3 Å². The molecule has 12 nitrogen and oxygen atoms in total. The van der Waals surface area contributed by atoms with Gasteiger partial charge in [-0.15, -0.1) is 0 Å². The van der Waals surface area contributed by atoms with E-state index >= 15 is 0 Å². The number of aliphatic hydroxyl groups is 2. The molecule has 0 saturated carbocycles. The van der Waals surface area contributed by atoms with E-state index in [9.17, 15) is 24.9 Å². The second-order valence-electron chi connectivity index (χ2n) is 7.44. The summed E-state index contributed by atoms with van der Waals surface area (Å²) in [6, 6.07) is 7.92. The van der Waals surface area contributed by atoms with Gasteiger partial charge in [-0.05, 0) is 18.2 Å². The van der Waals surface area contributed by atoms with Crippen molar-refractivity contribution in [2.24, 2.45) is 0 Å². The number of nitrogens with zero attached hydrogens (tertiary/aromatic N) is 4. The second-order valence-corrected chi connectivity index (χ2v) is 7.44. The molecule has 1 fully saturated rings. The number of carbonyl (C=O) groups excluding carboxylic acids is 1. The van der Waals surface area contributed by atoms with Gasteiger partial charge >= 0.3 is 12.0 Å². The fraction of sp³-hybridized carbons (Fsp3) is 0.333. The average molecular weight is 457 g/mol. The van der Waals surface area contributed by atoms with Gasteiger partial charge in [0.2, 0.25) is 6.29 Å². The molecule has 1 amide bonds. The molecule has 1 saturated heterocycles. The Bertz CT molecular complexity index is 1180. The van der Waals surface area contributed by atoms with Crippen molar-refractivity contribution in [1.82, 2.24) is 14.5 Å². The summed E-state index contributed by atoms with van der Waals surface area (Å²) >= 11 is 0. The predicted octanol–water partition coefficient (Wildman–Crippen LogP) is 0.878. The zero-order valence-electron chi connectivity index (χ0n) is 17.8. The van der Waals surface area contributed by atoms with Crippen LogP contribution in [0.2, 0.25) is 0 Å². The predicted molar refractivity (Wildman–Crippen MR) is 116 cm³/mol. The number of carbonyl (C=O) groups is 2. The maximum absolute atomic E-state index is 13.3. The minimum Gasteiger partial charge on any atom is -0.479 e. The molecule has 0 unspecified atom stereocenters. The second kappa shape index (κ2) is 9.02. The van der Waals surface area contributed by atoms with Gasteiger partial charge in [0.1, 0.15) is 24.0 Å². The lowest BCUT2D eigenvalue weighted by molar-refractivity contribution is -0.228. The Morgan fingerprint density at radius 3 is 2.73 bits per heavy atom. The molecule has 0 bridgehead atoms. The molecule has 174 valence electrons. The van der Waals surface area contributed by atoms with Crippen molar-refractivity contribution in [3.05, 3.63) is 42.9 Å². The first-order valence-corrected chi connectivity index (χ1v) is 10.1. The summed E-state index contributed by atoms with van der Waals surface area (Å²) in [6.07, 6.45) is -2.92. The molecule has 2 aromatic heterocycles. The lowest BCUT2D eigenvalue weighted by Crippen LogP contribution is -2.53. The van der Waals surface area contributed by atoms with Crippen LogP contribution in [0.15, 0.2) is 42.9 Å². The van der Waals surface area contributed by atoms with E-state index in [0.717, 1.165) is 0 Å². The molecule has 4 rings (SSSR count). The summed E-state index contributed by atoms with van der Waals surface area (Å²) in [5.41, 5.74) is 0.796. The van der Waals surface area contributed by atoms with Crippen molar-refractivity contribution in [3.8, 4) is 5.75 Å². The van der Waals surface area contributed by atoms with Crippen molar-refractivity contribution < 1.29 is 34.4 Å². The van der Waals surface area contributed by atoms with Crippen molar-refractivity contribution in [2.45, 2.75) is 31.0 Å². The number of ether oxygens (including phenoxy) is 2. The van der Waals surface area contributed by atoms with E-state index in [1.54, 1.807) is 50.6 Å². The van der Waals surface area contributed by atoms with E-state index in [4.69, 9.17) is 9.47 Å². The molecule has 12 heteroatoms. The van der Waals surface area contributed by atoms with Gasteiger partial charge in [0.15, 0.2) is 11.8 Å². The number of hydrogen-bond acceptors (Lipinski definition) is 9. The maximum atomic E-state index is 13.3. The Kier molecular flexibility index (Phi) is 6.14. The lowest BCUT2D eigenvalue weighted by atomic mass is 10.0. The number of rotatable bonds is 5. The Morgan fingerprint density at radius 1 is 1.24 bits per heavy atom. The third-order valence-corrected chi connectivity index (χ3v) is 5.38. The minimum atomic E-state index is -1.64. The molecule has 1 aromatic carbocycles. The fourth-order valence-electron chi connectivity index (χ4n) is 3.66. The molecule has 0 radical (unpaired) electrons. The molecule has 3 heterocycles. The molecule has 4 N–H and O–H groups in total. The summed E-state index contributed by atoms with van der Waals surface area (Å²) in [6.45, 7) is 0. The van der Waals surface area contributed by atoms with Gasteiger partial charge < -0.3 is 30.1 Å². The van der Waals surface area contributed by atoms with E-state index in [0.29, 0.717) is 22.5 Å². The number of benzene rings is 1. The molecule has 0 spiro atoms. The summed E-state index contributed by atoms with van der Waals surface area (Å²) < 4.78 is 12.5. The van der Waals surface area contributed by atoms with Gasteiger partial charge in [-0.3, -0.25) is 9.47 Å². The number of aliphatic hydroxyl groups excluding tert-OH is 2. The van der Waals surface area contributed by atoms with Gasteiger partial charge in [0.25, 0.3) is 0 Å². The molecule has 0 aliphatic carbocycles. The monoisotopic (exact) mass is 457 g/mol. The molecule has 33 heavy (non-hydrogen) atoms. The van der Waals surface area contributed by atoms with Crippen LogP contribution in [0.3, 0.4) is 0 Å². The zero-order valence-corrected chi connectivity index (χ0v) is 17.8. The van der Waals surface area contributed by atoms with Gasteiger partial charge in [-0.2, -0.15) is 0 Å². The normalized spacial score (nSPS) is 22.7. The number of para-hydroxylation sites is 2. The molecular formula is C21H23N5O7. The molecular weight excluding hydrogens is 434 g/mol. The largest absolute Gasteiger partial charge is 0.479 e. The van der Waals surface area contributed by atoms with E-state index in [1.807, 2.05) is 0 Å². The topological polar surface area (TPSA) is 159 Å². The molecule has 4 atom stereocenters. The van der Waals surface area contributed by atoms with Crippen LogP contribution in [0.25, 0.3) is 11.0 Å². The zero-order chi connectivity index (χ0) is 23.7. The summed E-state index contributed by atoms with van der Waals surface area (Å²) in [5.74, 6) is -0.605. The fourth-order valence-corrected chi connectivity index (χ4v) is 3.66. The van der Waals surface area contributed by atoms with Crippen LogP contribution in [0, 0.1) is 0 Å². The summed E-state index contributed by atoms with van der Waals surface area (Å²) in [5, 5.41) is 32.7. The first-order valence-electron chi connectivity index (χ1n) is 10.1. The van der Waals surface area contributed by atoms with Crippen molar-refractivity contribution >= 4 is 34.5 Å². The third-order valence-electron chi connectivity index (χ3n) is 5.38. The van der Waals surface area contributed by atoms with E-state index in [1.165, 1.54) is 15.8 Å². The Balaban J connectivity index is 1.60. The molecule has 3 aromatic rings. The van der Waals surface area contributed by atoms with Gasteiger partial charge in [0, 0.05) is 26.7 Å². The minimum absolute atomic E-state index is 0.150. The van der Waals surface area contributed by atoms with E-state index in [-0.39, 0.29) is 12.2 Å². The quantitative estimate of drug-likeness (QED) is 0.433. The maximum Gasteiger partial charge on any atom is 0.335 e. The third kappa shape index (κ3) is 4.18. The lowest BCUT2D eigenvalue weighted by Gasteiger charge is -2.35. The van der Waals surface area contributed by atoms with Crippen LogP contribution >= 0.6 is 0 Å². The van der Waals surface area contributed by atoms with Crippen LogP contribution in [0.1, 0.15) is 6.42 Å². The number of nitrogens with one attached hydrogen (secondary N) is 1. The van der Waals surface area contributed by atoms with Gasteiger partial charge in [-0.25, -0.2) is 19.6 Å². The van der Waals surface area contributed by atoms with Gasteiger partial charge in [0.05, 0.1) is 17.2 Å². The summed E-state index contributed by atoms with van der Waals surface area (Å²) in [7, 11) is 3.27. The van der Waals surface area contributed by atoms with Crippen LogP contribution in [-0.4, -0.2) is 80.6 Å². The molecule has 1 aliphatic rings. The van der Waals surface area contributed by atoms with Crippen LogP contribution in [-0.2, 0) is 9.53 Å². The van der Waals surface area contributed by atoms with E-state index in [2.05, 4.69) is 15.3 Å². The summed E-state index contributed by atoms with van der Waals surface area (Å²) in [4.78, 5) is 34.3. The number of anilines is 2. The number of aliphatic carboxylic acids is 1. The highest BCUT2D eigenvalue weighted by Crippen LogP contribution is 2.32. The van der Waals surface area contributed by atoms with Crippen molar-refractivity contribution in [3.63, 3.8) is 0 Å². The first-order chi connectivity index (χ1) is 15.8. The Morgan fingerprint density at radius 2 is 2.00 bits per heavy atom.